The van der Waals surface area contributed by atoms with Crippen LogP contribution in [0.4, 0.5) is 0 Å². The predicted octanol–water partition coefficient (Wildman–Crippen LogP) is 2.04. The summed E-state index contributed by atoms with van der Waals surface area (Å²) in [5.41, 5.74) is 0. The van der Waals surface area contributed by atoms with Crippen LogP contribution in [0.25, 0.3) is 0 Å². The Bertz CT molecular complexity index is 240. The van der Waals surface area contributed by atoms with Crippen molar-refractivity contribution in [1.29, 1.82) is 0 Å². The second-order valence-corrected chi connectivity index (χ2v) is 5.52. The molecule has 3 saturated carbocycles. The molecule has 2 heteroatoms. The normalized spacial score (nSPS) is 71.2. The Morgan fingerprint density at radius 2 is 1.83 bits per heavy atom. The number of halogens is 1. The first-order chi connectivity index (χ1) is 5.86. The van der Waals surface area contributed by atoms with Crippen LogP contribution in [0.1, 0.15) is 19.3 Å². The minimum Gasteiger partial charge on any atom is -0.369 e. The first-order valence-electron chi connectivity index (χ1n) is 5.16. The van der Waals surface area contributed by atoms with Gasteiger partial charge in [-0.2, -0.15) is 0 Å². The fourth-order valence-electron chi connectivity index (χ4n) is 4.29. The van der Waals surface area contributed by atoms with Gasteiger partial charge in [-0.05, 0) is 42.9 Å². The van der Waals surface area contributed by atoms with Crippen molar-refractivity contribution in [1.82, 2.24) is 0 Å². The highest BCUT2D eigenvalue weighted by molar-refractivity contribution is 6.21. The molecule has 0 radical (unpaired) electrons. The quantitative estimate of drug-likeness (QED) is 0.415. The second kappa shape index (κ2) is 1.85. The molecule has 1 aliphatic heterocycles. The molecule has 1 nitrogen and oxygen atoms in total. The zero-order chi connectivity index (χ0) is 7.87. The third kappa shape index (κ3) is 0.569. The Hall–Kier alpha value is 0.250. The van der Waals surface area contributed by atoms with Crippen LogP contribution < -0.4 is 0 Å². The molecule has 7 atom stereocenters. The summed E-state index contributed by atoms with van der Waals surface area (Å²) in [6.07, 6.45) is 5.41. The molecule has 4 aliphatic rings. The van der Waals surface area contributed by atoms with Gasteiger partial charge in [0.2, 0.25) is 0 Å². The lowest BCUT2D eigenvalue weighted by molar-refractivity contribution is 0.244. The van der Waals surface area contributed by atoms with Crippen LogP contribution in [0, 0.1) is 23.7 Å². The highest BCUT2D eigenvalue weighted by Crippen LogP contribution is 2.66. The number of epoxide rings is 1. The molecule has 4 fully saturated rings. The van der Waals surface area contributed by atoms with E-state index in [1.807, 2.05) is 0 Å². The molecule has 0 amide bonds. The van der Waals surface area contributed by atoms with Crippen molar-refractivity contribution in [3.05, 3.63) is 0 Å². The van der Waals surface area contributed by atoms with Gasteiger partial charge in [0.25, 0.3) is 0 Å². The van der Waals surface area contributed by atoms with E-state index in [4.69, 9.17) is 16.3 Å². The van der Waals surface area contributed by atoms with E-state index >= 15 is 0 Å². The Labute approximate surface area is 77.4 Å². The van der Waals surface area contributed by atoms with Crippen LogP contribution >= 0.6 is 11.6 Å². The fourth-order valence-corrected chi connectivity index (χ4v) is 4.79. The number of hydrogen-bond donors (Lipinski definition) is 0. The molecule has 0 aromatic heterocycles. The van der Waals surface area contributed by atoms with Gasteiger partial charge in [-0.25, -0.2) is 0 Å². The highest BCUT2D eigenvalue weighted by atomic mass is 35.5. The standard InChI is InChI=1S/C10H13ClO/c11-7-2-1-4-5-3-6(8(4)7)10-9(5)12-10/h4-10H,1-3H2/t4-,5-,6+,7+,8-,9-,10+/m0/s1. The average molecular weight is 185 g/mol. The van der Waals surface area contributed by atoms with E-state index in [0.717, 1.165) is 23.7 Å². The number of fused-ring (bicyclic) bond motifs is 8. The van der Waals surface area contributed by atoms with Crippen LogP contribution in [0.5, 0.6) is 0 Å². The Balaban J connectivity index is 1.76. The molecule has 4 rings (SSSR count). The molecule has 0 spiro atoms. The third-order valence-corrected chi connectivity index (χ3v) is 5.19. The molecule has 1 heterocycles. The smallest absolute Gasteiger partial charge is 0.0876 e. The van der Waals surface area contributed by atoms with E-state index < -0.39 is 0 Å². The van der Waals surface area contributed by atoms with Crippen LogP contribution in [-0.2, 0) is 4.74 Å². The van der Waals surface area contributed by atoms with E-state index in [-0.39, 0.29) is 0 Å². The summed E-state index contributed by atoms with van der Waals surface area (Å²) in [5.74, 6) is 3.55. The molecule has 1 saturated heterocycles. The van der Waals surface area contributed by atoms with E-state index in [1.165, 1.54) is 19.3 Å². The van der Waals surface area contributed by atoms with Gasteiger partial charge in [0.05, 0.1) is 12.2 Å². The lowest BCUT2D eigenvalue weighted by atomic mass is 9.82. The minimum absolute atomic E-state index is 0.482. The molecule has 3 aliphatic carbocycles. The maximum absolute atomic E-state index is 6.34. The zero-order valence-corrected chi connectivity index (χ0v) is 7.70. The summed E-state index contributed by atoms with van der Waals surface area (Å²) < 4.78 is 5.67. The maximum atomic E-state index is 6.34. The minimum atomic E-state index is 0.482. The molecular formula is C10H13ClO. The molecule has 2 bridgehead atoms. The summed E-state index contributed by atoms with van der Waals surface area (Å²) in [5, 5.41) is 0.482. The Kier molecular flexibility index (Phi) is 1.03. The monoisotopic (exact) mass is 184 g/mol. The van der Waals surface area contributed by atoms with Gasteiger partial charge in [-0.3, -0.25) is 0 Å². The first kappa shape index (κ1) is 6.67. The van der Waals surface area contributed by atoms with Gasteiger partial charge in [0.1, 0.15) is 0 Å². The summed E-state index contributed by atoms with van der Waals surface area (Å²) in [7, 11) is 0. The second-order valence-electron chi connectivity index (χ2n) is 4.96. The lowest BCUT2D eigenvalue weighted by Crippen LogP contribution is -2.27. The van der Waals surface area contributed by atoms with Crippen molar-refractivity contribution in [2.24, 2.45) is 23.7 Å². The number of rotatable bonds is 0. The van der Waals surface area contributed by atoms with Gasteiger partial charge in [0.15, 0.2) is 0 Å². The van der Waals surface area contributed by atoms with Crippen molar-refractivity contribution < 1.29 is 4.74 Å². The SMILES string of the molecule is Cl[C@@H]1CC[C@H]2[C@@H]3C[C@@H]([C@H]4O[C@@H]34)[C@H]21. The van der Waals surface area contributed by atoms with Gasteiger partial charge in [-0.15, -0.1) is 11.6 Å². The van der Waals surface area contributed by atoms with E-state index in [9.17, 15) is 0 Å². The summed E-state index contributed by atoms with van der Waals surface area (Å²) >= 11 is 6.34. The lowest BCUT2D eigenvalue weighted by Gasteiger charge is -2.23. The van der Waals surface area contributed by atoms with Crippen molar-refractivity contribution in [2.45, 2.75) is 36.8 Å². The van der Waals surface area contributed by atoms with Crippen LogP contribution in [0.15, 0.2) is 0 Å². The van der Waals surface area contributed by atoms with E-state index in [0.29, 0.717) is 17.6 Å². The number of hydrogen-bond acceptors (Lipinski definition) is 1. The molecule has 0 aromatic rings. The molecule has 0 aromatic carbocycles. The summed E-state index contributed by atoms with van der Waals surface area (Å²) in [6, 6.07) is 0. The van der Waals surface area contributed by atoms with Gasteiger partial charge >= 0.3 is 0 Å². The Morgan fingerprint density at radius 3 is 2.75 bits per heavy atom. The van der Waals surface area contributed by atoms with Crippen molar-refractivity contribution >= 4 is 11.6 Å². The third-order valence-electron chi connectivity index (χ3n) is 4.68. The average Bonchev–Trinajstić information content (AvgIpc) is 2.50. The van der Waals surface area contributed by atoms with E-state index in [2.05, 4.69) is 0 Å². The van der Waals surface area contributed by atoms with Crippen molar-refractivity contribution in [2.75, 3.05) is 0 Å². The maximum Gasteiger partial charge on any atom is 0.0876 e. The van der Waals surface area contributed by atoms with Crippen LogP contribution in [-0.4, -0.2) is 17.6 Å². The molecule has 66 valence electrons. The first-order valence-corrected chi connectivity index (χ1v) is 5.59. The van der Waals surface area contributed by atoms with Crippen LogP contribution in [0.2, 0.25) is 0 Å². The van der Waals surface area contributed by atoms with E-state index in [1.54, 1.807) is 0 Å². The number of alkyl halides is 1. The summed E-state index contributed by atoms with van der Waals surface area (Å²) in [4.78, 5) is 0. The molecule has 0 unspecified atom stereocenters. The molecule has 0 N–H and O–H groups in total. The van der Waals surface area contributed by atoms with Gasteiger partial charge in [0, 0.05) is 5.38 Å². The topological polar surface area (TPSA) is 12.5 Å². The van der Waals surface area contributed by atoms with Gasteiger partial charge < -0.3 is 4.74 Å². The zero-order valence-electron chi connectivity index (χ0n) is 6.95. The number of ether oxygens (including phenoxy) is 1. The summed E-state index contributed by atoms with van der Waals surface area (Å²) in [6.45, 7) is 0. The molecular weight excluding hydrogens is 172 g/mol. The fraction of sp³-hybridized carbons (Fsp3) is 1.00. The highest BCUT2D eigenvalue weighted by Gasteiger charge is 2.69. The van der Waals surface area contributed by atoms with Gasteiger partial charge in [-0.1, -0.05) is 0 Å². The Morgan fingerprint density at radius 1 is 1.00 bits per heavy atom. The largest absolute Gasteiger partial charge is 0.369 e. The van der Waals surface area contributed by atoms with Crippen molar-refractivity contribution in [3.63, 3.8) is 0 Å². The predicted molar refractivity (Wildman–Crippen MR) is 46.1 cm³/mol. The van der Waals surface area contributed by atoms with Crippen LogP contribution in [0.3, 0.4) is 0 Å². The van der Waals surface area contributed by atoms with Crippen molar-refractivity contribution in [3.8, 4) is 0 Å². The molecule has 12 heavy (non-hydrogen) atoms.